The standard InChI is InChI=1S/C10H18N2O/c1-4-10(13)12-7-5-6-9(8-12)11(2)3/h4,9H,1,5-8H2,2-3H3/t9-/m0/s1. The topological polar surface area (TPSA) is 23.6 Å². The van der Waals surface area contributed by atoms with Crippen LogP contribution in [0.5, 0.6) is 0 Å². The van der Waals surface area contributed by atoms with Crippen LogP contribution in [0.3, 0.4) is 0 Å². The van der Waals surface area contributed by atoms with Crippen molar-refractivity contribution in [1.29, 1.82) is 0 Å². The van der Waals surface area contributed by atoms with Crippen LogP contribution >= 0.6 is 0 Å². The number of amides is 1. The molecule has 0 aliphatic carbocycles. The van der Waals surface area contributed by atoms with E-state index in [2.05, 4.69) is 25.6 Å². The van der Waals surface area contributed by atoms with Crippen molar-refractivity contribution in [1.82, 2.24) is 9.80 Å². The predicted molar refractivity (Wildman–Crippen MR) is 53.5 cm³/mol. The molecule has 0 aromatic carbocycles. The molecular weight excluding hydrogens is 164 g/mol. The number of piperidine rings is 1. The number of rotatable bonds is 2. The largest absolute Gasteiger partial charge is 0.338 e. The maximum Gasteiger partial charge on any atom is 0.246 e. The Hall–Kier alpha value is -0.830. The molecule has 3 heteroatoms. The lowest BCUT2D eigenvalue weighted by Gasteiger charge is -2.35. The van der Waals surface area contributed by atoms with Crippen LogP contribution < -0.4 is 0 Å². The summed E-state index contributed by atoms with van der Waals surface area (Å²) in [6, 6.07) is 0.512. The van der Waals surface area contributed by atoms with Crippen LogP contribution in [0.1, 0.15) is 12.8 Å². The Bertz CT molecular complexity index is 201. The van der Waals surface area contributed by atoms with Crippen LogP contribution in [-0.2, 0) is 4.79 Å². The highest BCUT2D eigenvalue weighted by Crippen LogP contribution is 2.13. The number of carbonyl (C=O) groups is 1. The summed E-state index contributed by atoms with van der Waals surface area (Å²) in [6.07, 6.45) is 3.69. The van der Waals surface area contributed by atoms with Crippen molar-refractivity contribution < 1.29 is 4.79 Å². The smallest absolute Gasteiger partial charge is 0.246 e. The van der Waals surface area contributed by atoms with Crippen molar-refractivity contribution in [2.75, 3.05) is 27.2 Å². The van der Waals surface area contributed by atoms with Gasteiger partial charge in [0.2, 0.25) is 5.91 Å². The van der Waals surface area contributed by atoms with E-state index >= 15 is 0 Å². The van der Waals surface area contributed by atoms with Gasteiger partial charge in [0.1, 0.15) is 0 Å². The first-order chi connectivity index (χ1) is 6.15. The molecule has 0 saturated carbocycles. The van der Waals surface area contributed by atoms with Crippen LogP contribution in [0.4, 0.5) is 0 Å². The number of hydrogen-bond donors (Lipinski definition) is 0. The molecule has 1 saturated heterocycles. The van der Waals surface area contributed by atoms with E-state index in [9.17, 15) is 4.79 Å². The molecule has 0 N–H and O–H groups in total. The van der Waals surface area contributed by atoms with Crippen LogP contribution in [-0.4, -0.2) is 48.9 Å². The number of likely N-dealkylation sites (tertiary alicyclic amines) is 1. The summed E-state index contributed by atoms with van der Waals surface area (Å²) in [5.41, 5.74) is 0. The van der Waals surface area contributed by atoms with E-state index in [4.69, 9.17) is 0 Å². The molecule has 3 nitrogen and oxygen atoms in total. The van der Waals surface area contributed by atoms with E-state index in [1.165, 1.54) is 12.5 Å². The second-order valence-electron chi connectivity index (χ2n) is 3.75. The maximum absolute atomic E-state index is 11.3. The highest BCUT2D eigenvalue weighted by molar-refractivity contribution is 5.87. The average molecular weight is 182 g/mol. The summed E-state index contributed by atoms with van der Waals surface area (Å²) >= 11 is 0. The lowest BCUT2D eigenvalue weighted by Crippen LogP contribution is -2.46. The minimum atomic E-state index is 0.0616. The van der Waals surface area contributed by atoms with Crippen LogP contribution in [0.2, 0.25) is 0 Å². The van der Waals surface area contributed by atoms with Gasteiger partial charge in [-0.05, 0) is 33.0 Å². The molecule has 0 aromatic rings. The van der Waals surface area contributed by atoms with E-state index in [1.54, 1.807) is 0 Å². The van der Waals surface area contributed by atoms with Crippen molar-refractivity contribution in [3.63, 3.8) is 0 Å². The summed E-state index contributed by atoms with van der Waals surface area (Å²) in [5.74, 6) is 0.0616. The van der Waals surface area contributed by atoms with E-state index < -0.39 is 0 Å². The highest BCUT2D eigenvalue weighted by atomic mass is 16.2. The third kappa shape index (κ3) is 2.56. The highest BCUT2D eigenvalue weighted by Gasteiger charge is 2.22. The predicted octanol–water partition coefficient (Wildman–Crippen LogP) is 0.725. The number of nitrogens with zero attached hydrogens (tertiary/aromatic N) is 2. The number of hydrogen-bond acceptors (Lipinski definition) is 2. The van der Waals surface area contributed by atoms with Crippen LogP contribution in [0.25, 0.3) is 0 Å². The Balaban J connectivity index is 2.51. The van der Waals surface area contributed by atoms with Gasteiger partial charge < -0.3 is 9.80 Å². The summed E-state index contributed by atoms with van der Waals surface area (Å²) in [5, 5.41) is 0. The SMILES string of the molecule is C=CC(=O)N1CCC[C@H](N(C)C)C1. The van der Waals surface area contributed by atoms with Crippen molar-refractivity contribution in [3.8, 4) is 0 Å². The molecule has 0 aromatic heterocycles. The molecule has 1 amide bonds. The van der Waals surface area contributed by atoms with Gasteiger partial charge in [-0.1, -0.05) is 6.58 Å². The first kappa shape index (κ1) is 10.3. The molecule has 0 spiro atoms. The Kier molecular flexibility index (Phi) is 3.48. The van der Waals surface area contributed by atoms with E-state index in [0.29, 0.717) is 6.04 Å². The zero-order valence-electron chi connectivity index (χ0n) is 8.49. The van der Waals surface area contributed by atoms with Gasteiger partial charge in [0.05, 0.1) is 0 Å². The fraction of sp³-hybridized carbons (Fsp3) is 0.700. The molecule has 1 aliphatic heterocycles. The molecule has 1 atom stereocenters. The lowest BCUT2D eigenvalue weighted by atomic mass is 10.1. The van der Waals surface area contributed by atoms with Gasteiger partial charge in [0.25, 0.3) is 0 Å². The zero-order valence-corrected chi connectivity index (χ0v) is 8.49. The Morgan fingerprint density at radius 1 is 1.62 bits per heavy atom. The molecule has 74 valence electrons. The van der Waals surface area contributed by atoms with E-state index in [0.717, 1.165) is 19.5 Å². The molecule has 0 unspecified atom stereocenters. The van der Waals surface area contributed by atoms with Crippen LogP contribution in [0, 0.1) is 0 Å². The lowest BCUT2D eigenvalue weighted by molar-refractivity contribution is -0.127. The van der Waals surface area contributed by atoms with Crippen molar-refractivity contribution in [2.24, 2.45) is 0 Å². The Morgan fingerprint density at radius 3 is 2.85 bits per heavy atom. The monoisotopic (exact) mass is 182 g/mol. The molecular formula is C10H18N2O. The molecule has 0 radical (unpaired) electrons. The third-order valence-corrected chi connectivity index (χ3v) is 2.61. The quantitative estimate of drug-likeness (QED) is 0.588. The van der Waals surface area contributed by atoms with Crippen molar-refractivity contribution in [2.45, 2.75) is 18.9 Å². The Morgan fingerprint density at radius 2 is 2.31 bits per heavy atom. The van der Waals surface area contributed by atoms with E-state index in [1.807, 2.05) is 4.90 Å². The maximum atomic E-state index is 11.3. The van der Waals surface area contributed by atoms with Gasteiger partial charge in [-0.25, -0.2) is 0 Å². The average Bonchev–Trinajstić information content (AvgIpc) is 2.17. The van der Waals surface area contributed by atoms with Gasteiger partial charge in [-0.2, -0.15) is 0 Å². The second kappa shape index (κ2) is 4.42. The van der Waals surface area contributed by atoms with Gasteiger partial charge in [0, 0.05) is 19.1 Å². The van der Waals surface area contributed by atoms with Gasteiger partial charge in [-0.3, -0.25) is 4.79 Å². The first-order valence-electron chi connectivity index (χ1n) is 4.73. The normalized spacial score (nSPS) is 23.3. The summed E-state index contributed by atoms with van der Waals surface area (Å²) in [6.45, 7) is 5.23. The molecule has 1 rings (SSSR count). The van der Waals surface area contributed by atoms with Gasteiger partial charge >= 0.3 is 0 Å². The molecule has 0 bridgehead atoms. The summed E-state index contributed by atoms with van der Waals surface area (Å²) in [7, 11) is 4.12. The van der Waals surface area contributed by atoms with Crippen molar-refractivity contribution >= 4 is 5.91 Å². The minimum Gasteiger partial charge on any atom is -0.338 e. The minimum absolute atomic E-state index is 0.0616. The fourth-order valence-corrected chi connectivity index (χ4v) is 1.71. The second-order valence-corrected chi connectivity index (χ2v) is 3.75. The van der Waals surface area contributed by atoms with Crippen molar-refractivity contribution in [3.05, 3.63) is 12.7 Å². The molecule has 1 heterocycles. The van der Waals surface area contributed by atoms with E-state index in [-0.39, 0.29) is 5.91 Å². The zero-order chi connectivity index (χ0) is 9.84. The number of carbonyl (C=O) groups excluding carboxylic acids is 1. The summed E-state index contributed by atoms with van der Waals surface area (Å²) in [4.78, 5) is 15.4. The van der Waals surface area contributed by atoms with Crippen LogP contribution in [0.15, 0.2) is 12.7 Å². The van der Waals surface area contributed by atoms with Gasteiger partial charge in [0.15, 0.2) is 0 Å². The Labute approximate surface area is 80.0 Å². The number of likely N-dealkylation sites (N-methyl/N-ethyl adjacent to an activating group) is 1. The van der Waals surface area contributed by atoms with Gasteiger partial charge in [-0.15, -0.1) is 0 Å². The third-order valence-electron chi connectivity index (χ3n) is 2.61. The fourth-order valence-electron chi connectivity index (χ4n) is 1.71. The summed E-state index contributed by atoms with van der Waals surface area (Å²) < 4.78 is 0. The molecule has 1 aliphatic rings. The molecule has 1 fully saturated rings. The molecule has 13 heavy (non-hydrogen) atoms. The first-order valence-corrected chi connectivity index (χ1v) is 4.73.